The van der Waals surface area contributed by atoms with Gasteiger partial charge in [0, 0.05) is 18.1 Å². The van der Waals surface area contributed by atoms with E-state index >= 15 is 0 Å². The van der Waals surface area contributed by atoms with Crippen molar-refractivity contribution in [3.63, 3.8) is 0 Å². The summed E-state index contributed by atoms with van der Waals surface area (Å²) >= 11 is 7.73. The molecule has 2 aromatic heterocycles. The van der Waals surface area contributed by atoms with Gasteiger partial charge in [0.2, 0.25) is 0 Å². The number of nitrogens with zero attached hydrogens (tertiary/aromatic N) is 3. The molecule has 100 valence electrons. The van der Waals surface area contributed by atoms with Crippen molar-refractivity contribution in [2.45, 2.75) is 16.6 Å². The van der Waals surface area contributed by atoms with E-state index in [1.165, 1.54) is 11.8 Å². The number of nitrogens with two attached hydrogens (primary N) is 1. The molecule has 6 heteroatoms. The van der Waals surface area contributed by atoms with Gasteiger partial charge >= 0.3 is 0 Å². The molecule has 0 saturated carbocycles. The lowest BCUT2D eigenvalue weighted by atomic mass is 10.2. The summed E-state index contributed by atoms with van der Waals surface area (Å²) in [5.74, 6) is 0. The highest BCUT2D eigenvalue weighted by atomic mass is 35.5. The van der Waals surface area contributed by atoms with Crippen molar-refractivity contribution in [3.05, 3.63) is 53.4 Å². The monoisotopic (exact) mass is 302 g/mol. The number of aromatic nitrogens is 3. The third kappa shape index (κ3) is 2.47. The molecule has 0 amide bonds. The van der Waals surface area contributed by atoms with Crippen LogP contribution in [0.2, 0.25) is 5.02 Å². The number of rotatable bonds is 3. The largest absolute Gasteiger partial charge is 0.326 e. The molecule has 0 fully saturated rings. The lowest BCUT2D eigenvalue weighted by Crippen LogP contribution is -1.99. The molecule has 0 radical (unpaired) electrons. The van der Waals surface area contributed by atoms with Crippen molar-refractivity contribution >= 4 is 34.3 Å². The number of benzene rings is 1. The van der Waals surface area contributed by atoms with Crippen molar-refractivity contribution in [2.75, 3.05) is 0 Å². The summed E-state index contributed by atoms with van der Waals surface area (Å²) in [7, 11) is 0. The SMILES string of the molecule is NCc1ccnc(Sc2ncnc3ccccc23)c1Cl. The normalized spacial score (nSPS) is 10.9. The Bertz CT molecular complexity index is 758. The quantitative estimate of drug-likeness (QED) is 0.752. The smallest absolute Gasteiger partial charge is 0.121 e. The van der Waals surface area contributed by atoms with E-state index in [0.717, 1.165) is 21.5 Å². The highest BCUT2D eigenvalue weighted by molar-refractivity contribution is 7.99. The first kappa shape index (κ1) is 13.3. The summed E-state index contributed by atoms with van der Waals surface area (Å²) in [5.41, 5.74) is 7.43. The average molecular weight is 303 g/mol. The number of halogens is 1. The Kier molecular flexibility index (Phi) is 3.82. The van der Waals surface area contributed by atoms with Crippen LogP contribution < -0.4 is 5.73 Å². The van der Waals surface area contributed by atoms with Gasteiger partial charge in [0.25, 0.3) is 0 Å². The van der Waals surface area contributed by atoms with Gasteiger partial charge in [0.1, 0.15) is 16.4 Å². The summed E-state index contributed by atoms with van der Waals surface area (Å²) in [5, 5.41) is 3.11. The van der Waals surface area contributed by atoms with Crippen LogP contribution in [0.3, 0.4) is 0 Å². The third-order valence-electron chi connectivity index (χ3n) is 2.86. The first-order valence-corrected chi connectivity index (χ1v) is 7.20. The summed E-state index contributed by atoms with van der Waals surface area (Å²) in [6.07, 6.45) is 3.26. The molecule has 4 nitrogen and oxygen atoms in total. The first-order valence-electron chi connectivity index (χ1n) is 6.00. The second-order valence-corrected chi connectivity index (χ2v) is 5.45. The zero-order chi connectivity index (χ0) is 13.9. The maximum absolute atomic E-state index is 6.30. The van der Waals surface area contributed by atoms with Crippen molar-refractivity contribution in [2.24, 2.45) is 5.73 Å². The van der Waals surface area contributed by atoms with E-state index in [1.807, 2.05) is 30.3 Å². The molecule has 0 saturated heterocycles. The van der Waals surface area contributed by atoms with Crippen molar-refractivity contribution in [1.82, 2.24) is 15.0 Å². The van der Waals surface area contributed by atoms with Gasteiger partial charge in [0.05, 0.1) is 10.5 Å². The summed E-state index contributed by atoms with van der Waals surface area (Å²) in [4.78, 5) is 12.9. The van der Waals surface area contributed by atoms with Crippen LogP contribution in [-0.2, 0) is 6.54 Å². The standard InChI is InChI=1S/C14H11ClN4S/c15-12-9(7-16)5-6-17-14(12)20-13-10-3-1-2-4-11(10)18-8-19-13/h1-6,8H,7,16H2. The fourth-order valence-electron chi connectivity index (χ4n) is 1.84. The Morgan fingerprint density at radius 3 is 2.75 bits per heavy atom. The Hall–Kier alpha value is -1.69. The zero-order valence-corrected chi connectivity index (χ0v) is 12.0. The van der Waals surface area contributed by atoms with E-state index in [9.17, 15) is 0 Å². The highest BCUT2D eigenvalue weighted by Crippen LogP contribution is 2.34. The van der Waals surface area contributed by atoms with E-state index in [4.69, 9.17) is 17.3 Å². The van der Waals surface area contributed by atoms with Crippen LogP contribution in [0.4, 0.5) is 0 Å². The fourth-order valence-corrected chi connectivity index (χ4v) is 3.05. The number of para-hydroxylation sites is 1. The Balaban J connectivity index is 2.06. The molecule has 3 rings (SSSR count). The number of pyridine rings is 1. The van der Waals surface area contributed by atoms with Gasteiger partial charge < -0.3 is 5.73 Å². The van der Waals surface area contributed by atoms with Gasteiger partial charge in [-0.1, -0.05) is 29.8 Å². The van der Waals surface area contributed by atoms with E-state index in [1.54, 1.807) is 12.5 Å². The van der Waals surface area contributed by atoms with Crippen LogP contribution in [0.5, 0.6) is 0 Å². The third-order valence-corrected chi connectivity index (χ3v) is 4.41. The van der Waals surface area contributed by atoms with Gasteiger partial charge in [-0.05, 0) is 29.5 Å². The van der Waals surface area contributed by atoms with Gasteiger partial charge in [-0.15, -0.1) is 0 Å². The molecule has 0 atom stereocenters. The molecule has 0 spiro atoms. The average Bonchev–Trinajstić information content (AvgIpc) is 2.50. The van der Waals surface area contributed by atoms with Crippen molar-refractivity contribution in [3.8, 4) is 0 Å². The van der Waals surface area contributed by atoms with Gasteiger partial charge in [-0.2, -0.15) is 0 Å². The van der Waals surface area contributed by atoms with Gasteiger partial charge in [0.15, 0.2) is 0 Å². The van der Waals surface area contributed by atoms with E-state index < -0.39 is 0 Å². The van der Waals surface area contributed by atoms with Gasteiger partial charge in [-0.25, -0.2) is 15.0 Å². The van der Waals surface area contributed by atoms with Crippen LogP contribution in [-0.4, -0.2) is 15.0 Å². The minimum Gasteiger partial charge on any atom is -0.326 e. The van der Waals surface area contributed by atoms with Crippen LogP contribution >= 0.6 is 23.4 Å². The Morgan fingerprint density at radius 1 is 1.05 bits per heavy atom. The molecule has 20 heavy (non-hydrogen) atoms. The molecule has 0 aliphatic carbocycles. The first-order chi connectivity index (χ1) is 9.79. The molecule has 2 N–H and O–H groups in total. The Labute approximate surface area is 125 Å². The Morgan fingerprint density at radius 2 is 1.90 bits per heavy atom. The molecular weight excluding hydrogens is 292 g/mol. The second-order valence-electron chi connectivity index (χ2n) is 4.09. The van der Waals surface area contributed by atoms with Crippen molar-refractivity contribution in [1.29, 1.82) is 0 Å². The predicted octanol–water partition coefficient (Wildman–Crippen LogP) is 3.29. The minimum atomic E-state index is 0.388. The second kappa shape index (κ2) is 5.75. The van der Waals surface area contributed by atoms with E-state index in [0.29, 0.717) is 16.6 Å². The molecule has 0 aliphatic rings. The predicted molar refractivity (Wildman–Crippen MR) is 80.8 cm³/mol. The molecule has 2 heterocycles. The molecule has 1 aromatic carbocycles. The lowest BCUT2D eigenvalue weighted by molar-refractivity contribution is 1.01. The molecular formula is C14H11ClN4S. The molecule has 0 aliphatic heterocycles. The summed E-state index contributed by atoms with van der Waals surface area (Å²) < 4.78 is 0. The van der Waals surface area contributed by atoms with Crippen LogP contribution in [0, 0.1) is 0 Å². The van der Waals surface area contributed by atoms with Crippen molar-refractivity contribution < 1.29 is 0 Å². The minimum absolute atomic E-state index is 0.388. The van der Waals surface area contributed by atoms with E-state index in [-0.39, 0.29) is 0 Å². The van der Waals surface area contributed by atoms with E-state index in [2.05, 4.69) is 15.0 Å². The molecule has 0 unspecified atom stereocenters. The van der Waals surface area contributed by atoms with Gasteiger partial charge in [-0.3, -0.25) is 0 Å². The highest BCUT2D eigenvalue weighted by Gasteiger charge is 2.11. The summed E-state index contributed by atoms with van der Waals surface area (Å²) in [6, 6.07) is 9.67. The van der Waals surface area contributed by atoms with Crippen LogP contribution in [0.15, 0.2) is 52.9 Å². The lowest BCUT2D eigenvalue weighted by Gasteiger charge is -2.07. The maximum Gasteiger partial charge on any atom is 0.121 e. The topological polar surface area (TPSA) is 64.7 Å². The fraction of sp³-hybridized carbons (Fsp3) is 0.0714. The maximum atomic E-state index is 6.30. The molecule has 3 aromatic rings. The zero-order valence-electron chi connectivity index (χ0n) is 10.5. The van der Waals surface area contributed by atoms with Crippen LogP contribution in [0.25, 0.3) is 10.9 Å². The number of fused-ring (bicyclic) bond motifs is 1. The number of hydrogen-bond donors (Lipinski definition) is 1. The molecule has 0 bridgehead atoms. The number of hydrogen-bond acceptors (Lipinski definition) is 5. The van der Waals surface area contributed by atoms with Crippen LogP contribution in [0.1, 0.15) is 5.56 Å². The summed E-state index contributed by atoms with van der Waals surface area (Å²) in [6.45, 7) is 0.388.